The van der Waals surface area contributed by atoms with Gasteiger partial charge in [0.05, 0.1) is 25.0 Å². The smallest absolute Gasteiger partial charge is 0.274 e. The third-order valence-electron chi connectivity index (χ3n) is 6.00. The van der Waals surface area contributed by atoms with Crippen molar-refractivity contribution in [2.24, 2.45) is 0 Å². The van der Waals surface area contributed by atoms with Crippen LogP contribution in [0.25, 0.3) is 0 Å². The molecule has 0 radical (unpaired) electrons. The molecular formula is C23H27N5O4. The summed E-state index contributed by atoms with van der Waals surface area (Å²) in [6, 6.07) is 8.17. The predicted molar refractivity (Wildman–Crippen MR) is 116 cm³/mol. The molecule has 3 amide bonds. The molecule has 1 aromatic heterocycles. The lowest BCUT2D eigenvalue weighted by atomic mass is 9.96. The fourth-order valence-corrected chi connectivity index (χ4v) is 4.25. The second kappa shape index (κ2) is 9.44. The molecule has 2 atom stereocenters. The van der Waals surface area contributed by atoms with E-state index >= 15 is 0 Å². The Bertz CT molecular complexity index is 982. The van der Waals surface area contributed by atoms with Crippen molar-refractivity contribution >= 4 is 17.7 Å². The summed E-state index contributed by atoms with van der Waals surface area (Å²) in [5, 5.41) is 0. The topological polar surface area (TPSA) is 95.9 Å². The molecule has 0 bridgehead atoms. The highest BCUT2D eigenvalue weighted by Gasteiger charge is 2.48. The first-order valence-electron chi connectivity index (χ1n) is 10.7. The number of fused-ring (bicyclic) bond motifs is 1. The average molecular weight is 438 g/mol. The molecule has 9 heteroatoms. The molecule has 0 N–H and O–H groups in total. The highest BCUT2D eigenvalue weighted by atomic mass is 16.5. The van der Waals surface area contributed by atoms with Crippen molar-refractivity contribution in [1.29, 1.82) is 0 Å². The minimum atomic E-state index is -0.706. The average Bonchev–Trinajstić information content (AvgIpc) is 2.81. The molecule has 2 saturated heterocycles. The summed E-state index contributed by atoms with van der Waals surface area (Å²) >= 11 is 0. The fraction of sp³-hybridized carbons (Fsp3) is 0.435. The van der Waals surface area contributed by atoms with Crippen LogP contribution in [-0.2, 0) is 20.7 Å². The number of carbonyl (C=O) groups is 3. The summed E-state index contributed by atoms with van der Waals surface area (Å²) in [7, 11) is 1.59. The van der Waals surface area contributed by atoms with Gasteiger partial charge < -0.3 is 19.4 Å². The first kappa shape index (κ1) is 21.9. The summed E-state index contributed by atoms with van der Waals surface area (Å²) in [5.74, 6) is -0.765. The molecule has 2 aliphatic rings. The lowest BCUT2D eigenvalue weighted by Gasteiger charge is -2.49. The zero-order valence-corrected chi connectivity index (χ0v) is 18.3. The SMILES string of the molecule is COCCN1CCN2C(=O)C(Cc3ccccc3)N(C(=O)c3cnc(C)cn3)CC2C1=O. The molecule has 2 aromatic rings. The molecule has 9 nitrogen and oxygen atoms in total. The number of rotatable bonds is 6. The van der Waals surface area contributed by atoms with Crippen LogP contribution < -0.4 is 0 Å². The Morgan fingerprint density at radius 2 is 1.88 bits per heavy atom. The van der Waals surface area contributed by atoms with E-state index in [0.717, 1.165) is 5.56 Å². The Morgan fingerprint density at radius 3 is 2.56 bits per heavy atom. The highest BCUT2D eigenvalue weighted by molar-refractivity contribution is 6.00. The quantitative estimate of drug-likeness (QED) is 0.655. The molecule has 0 saturated carbocycles. The maximum absolute atomic E-state index is 13.5. The number of nitrogens with zero attached hydrogens (tertiary/aromatic N) is 5. The van der Waals surface area contributed by atoms with Crippen LogP contribution in [-0.4, -0.2) is 94.4 Å². The predicted octanol–water partition coefficient (Wildman–Crippen LogP) is 0.538. The van der Waals surface area contributed by atoms with Gasteiger partial charge in [0.25, 0.3) is 5.91 Å². The Kier molecular flexibility index (Phi) is 6.45. The van der Waals surface area contributed by atoms with Gasteiger partial charge in [-0.25, -0.2) is 4.98 Å². The monoisotopic (exact) mass is 437 g/mol. The van der Waals surface area contributed by atoms with Gasteiger partial charge in [0.1, 0.15) is 17.8 Å². The molecule has 2 aliphatic heterocycles. The van der Waals surface area contributed by atoms with Gasteiger partial charge in [-0.2, -0.15) is 0 Å². The summed E-state index contributed by atoms with van der Waals surface area (Å²) in [4.78, 5) is 53.3. The number of hydrogen-bond donors (Lipinski definition) is 0. The van der Waals surface area contributed by atoms with E-state index in [1.807, 2.05) is 30.3 Å². The number of hydrogen-bond acceptors (Lipinski definition) is 6. The Labute approximate surface area is 187 Å². The third-order valence-corrected chi connectivity index (χ3v) is 6.00. The van der Waals surface area contributed by atoms with Crippen LogP contribution in [0.15, 0.2) is 42.7 Å². The summed E-state index contributed by atoms with van der Waals surface area (Å²) in [6.07, 6.45) is 3.31. The van der Waals surface area contributed by atoms with Crippen LogP contribution in [0.4, 0.5) is 0 Å². The highest BCUT2D eigenvalue weighted by Crippen LogP contribution is 2.25. The van der Waals surface area contributed by atoms with Gasteiger partial charge in [-0.15, -0.1) is 0 Å². The first-order chi connectivity index (χ1) is 15.5. The number of aryl methyl sites for hydroxylation is 1. The number of ether oxygens (including phenoxy) is 1. The summed E-state index contributed by atoms with van der Waals surface area (Å²) < 4.78 is 5.11. The molecule has 32 heavy (non-hydrogen) atoms. The van der Waals surface area contributed by atoms with E-state index in [4.69, 9.17) is 4.74 Å². The van der Waals surface area contributed by atoms with Crippen LogP contribution >= 0.6 is 0 Å². The van der Waals surface area contributed by atoms with Crippen molar-refractivity contribution in [3.8, 4) is 0 Å². The van der Waals surface area contributed by atoms with Crippen molar-refractivity contribution in [1.82, 2.24) is 24.7 Å². The Hall–Kier alpha value is -3.33. The molecular weight excluding hydrogens is 410 g/mol. The molecule has 1 aromatic carbocycles. The van der Waals surface area contributed by atoms with E-state index in [1.165, 1.54) is 17.3 Å². The van der Waals surface area contributed by atoms with Crippen LogP contribution in [0.1, 0.15) is 21.7 Å². The zero-order valence-electron chi connectivity index (χ0n) is 18.3. The maximum atomic E-state index is 13.5. The minimum Gasteiger partial charge on any atom is -0.383 e. The number of carbonyl (C=O) groups excluding carboxylic acids is 3. The van der Waals surface area contributed by atoms with Crippen LogP contribution in [0, 0.1) is 6.92 Å². The maximum Gasteiger partial charge on any atom is 0.274 e. The third kappa shape index (κ3) is 4.34. The van der Waals surface area contributed by atoms with Gasteiger partial charge in [-0.05, 0) is 12.5 Å². The second-order valence-electron chi connectivity index (χ2n) is 8.07. The number of piperazine rings is 2. The van der Waals surface area contributed by atoms with E-state index < -0.39 is 18.0 Å². The van der Waals surface area contributed by atoms with Crippen molar-refractivity contribution < 1.29 is 19.1 Å². The lowest BCUT2D eigenvalue weighted by molar-refractivity contribution is -0.160. The number of methoxy groups -OCH3 is 1. The first-order valence-corrected chi connectivity index (χ1v) is 10.7. The fourth-order valence-electron chi connectivity index (χ4n) is 4.25. The number of aromatic nitrogens is 2. The molecule has 3 heterocycles. The zero-order chi connectivity index (χ0) is 22.7. The molecule has 168 valence electrons. The second-order valence-corrected chi connectivity index (χ2v) is 8.07. The van der Waals surface area contributed by atoms with Gasteiger partial charge in [0.2, 0.25) is 11.8 Å². The summed E-state index contributed by atoms with van der Waals surface area (Å²) in [5.41, 5.74) is 1.80. The number of benzene rings is 1. The van der Waals surface area contributed by atoms with Crippen molar-refractivity contribution in [3.05, 3.63) is 59.7 Å². The Balaban J connectivity index is 1.64. The van der Waals surface area contributed by atoms with E-state index in [-0.39, 0.29) is 24.1 Å². The minimum absolute atomic E-state index is 0.125. The van der Waals surface area contributed by atoms with Gasteiger partial charge in [0, 0.05) is 39.4 Å². The standard InChI is InChI=1S/C23H27N5O4/c1-16-13-25-18(14-24-16)21(29)28-15-20-22(30)26(10-11-32-2)8-9-27(20)23(31)19(28)12-17-6-4-3-5-7-17/h3-7,13-14,19-20H,8-12,15H2,1-2H3. The molecule has 2 unspecified atom stereocenters. The lowest BCUT2D eigenvalue weighted by Crippen LogP contribution is -2.70. The molecule has 0 spiro atoms. The summed E-state index contributed by atoms with van der Waals surface area (Å²) in [6.45, 7) is 3.69. The normalized spacial score (nSPS) is 21.0. The van der Waals surface area contributed by atoms with Crippen LogP contribution in [0.2, 0.25) is 0 Å². The Morgan fingerprint density at radius 1 is 1.09 bits per heavy atom. The van der Waals surface area contributed by atoms with Crippen molar-refractivity contribution in [2.75, 3.05) is 39.9 Å². The van der Waals surface area contributed by atoms with E-state index in [2.05, 4.69) is 9.97 Å². The van der Waals surface area contributed by atoms with Gasteiger partial charge >= 0.3 is 0 Å². The van der Waals surface area contributed by atoms with Crippen molar-refractivity contribution in [3.63, 3.8) is 0 Å². The molecule has 2 fully saturated rings. The van der Waals surface area contributed by atoms with Crippen LogP contribution in [0.3, 0.4) is 0 Å². The van der Waals surface area contributed by atoms with E-state index in [9.17, 15) is 14.4 Å². The van der Waals surface area contributed by atoms with Gasteiger partial charge in [-0.3, -0.25) is 19.4 Å². The van der Waals surface area contributed by atoms with Crippen molar-refractivity contribution in [2.45, 2.75) is 25.4 Å². The molecule has 4 rings (SSSR count). The van der Waals surface area contributed by atoms with Gasteiger partial charge in [-0.1, -0.05) is 30.3 Å². The molecule has 0 aliphatic carbocycles. The number of amides is 3. The van der Waals surface area contributed by atoms with Crippen LogP contribution in [0.5, 0.6) is 0 Å². The largest absolute Gasteiger partial charge is 0.383 e. The van der Waals surface area contributed by atoms with E-state index in [1.54, 1.807) is 23.8 Å². The van der Waals surface area contributed by atoms with Gasteiger partial charge in [0.15, 0.2) is 0 Å². The van der Waals surface area contributed by atoms with E-state index in [0.29, 0.717) is 38.4 Å².